The molecule has 1 aromatic rings. The van der Waals surface area contributed by atoms with E-state index in [2.05, 4.69) is 31.0 Å². The molecule has 0 radical (unpaired) electrons. The van der Waals surface area contributed by atoms with Crippen LogP contribution in [-0.4, -0.2) is 30.1 Å². The minimum absolute atomic E-state index is 0.320. The summed E-state index contributed by atoms with van der Waals surface area (Å²) >= 11 is 0. The molecule has 1 aliphatic rings. The standard InChI is InChI=1S/C14H24N2O/c1-11(2)16-8-6-13(7-9-16)15-12(3)14-5-4-10-17-14/h4-5,10-13,15H,6-9H2,1-3H3/t12-/m0/s1. The lowest BCUT2D eigenvalue weighted by Gasteiger charge is -2.35. The Morgan fingerprint density at radius 2 is 2.00 bits per heavy atom. The van der Waals surface area contributed by atoms with E-state index in [0.717, 1.165) is 5.76 Å². The molecule has 3 nitrogen and oxygen atoms in total. The zero-order chi connectivity index (χ0) is 12.3. The van der Waals surface area contributed by atoms with Crippen LogP contribution in [0.15, 0.2) is 22.8 Å². The highest BCUT2D eigenvalue weighted by atomic mass is 16.3. The molecule has 1 aromatic heterocycles. The lowest BCUT2D eigenvalue weighted by Crippen LogP contribution is -2.45. The van der Waals surface area contributed by atoms with Crippen molar-refractivity contribution in [1.29, 1.82) is 0 Å². The second-order valence-corrected chi connectivity index (χ2v) is 5.31. The summed E-state index contributed by atoms with van der Waals surface area (Å²) in [6, 6.07) is 5.62. The molecule has 0 aromatic carbocycles. The maximum Gasteiger partial charge on any atom is 0.120 e. The van der Waals surface area contributed by atoms with E-state index >= 15 is 0 Å². The number of furan rings is 1. The Hall–Kier alpha value is -0.800. The first-order chi connectivity index (χ1) is 8.16. The Morgan fingerprint density at radius 1 is 1.29 bits per heavy atom. The highest BCUT2D eigenvalue weighted by Gasteiger charge is 2.22. The quantitative estimate of drug-likeness (QED) is 0.871. The Kier molecular flexibility index (Phi) is 4.24. The second-order valence-electron chi connectivity index (χ2n) is 5.31. The van der Waals surface area contributed by atoms with Crippen LogP contribution in [-0.2, 0) is 0 Å². The number of rotatable bonds is 4. The number of nitrogens with zero attached hydrogens (tertiary/aromatic N) is 1. The van der Waals surface area contributed by atoms with Crippen molar-refractivity contribution in [3.63, 3.8) is 0 Å². The molecule has 2 rings (SSSR count). The smallest absolute Gasteiger partial charge is 0.120 e. The summed E-state index contributed by atoms with van der Waals surface area (Å²) in [6.07, 6.45) is 4.22. The van der Waals surface area contributed by atoms with Crippen LogP contribution in [0.3, 0.4) is 0 Å². The molecule has 0 unspecified atom stereocenters. The molecule has 2 heterocycles. The fourth-order valence-electron chi connectivity index (χ4n) is 2.56. The normalized spacial score (nSPS) is 20.9. The summed E-state index contributed by atoms with van der Waals surface area (Å²) in [5.74, 6) is 1.04. The Bertz CT molecular complexity index is 313. The zero-order valence-corrected chi connectivity index (χ0v) is 11.1. The van der Waals surface area contributed by atoms with Crippen molar-refractivity contribution in [2.45, 2.75) is 51.7 Å². The van der Waals surface area contributed by atoms with Crippen LogP contribution in [0.4, 0.5) is 0 Å². The lowest BCUT2D eigenvalue weighted by molar-refractivity contribution is 0.155. The predicted octanol–water partition coefficient (Wildman–Crippen LogP) is 2.80. The molecule has 0 bridgehead atoms. The minimum Gasteiger partial charge on any atom is -0.468 e. The van der Waals surface area contributed by atoms with Crippen LogP contribution in [0.5, 0.6) is 0 Å². The molecular weight excluding hydrogens is 212 g/mol. The van der Waals surface area contributed by atoms with Gasteiger partial charge in [0.2, 0.25) is 0 Å². The minimum atomic E-state index is 0.320. The van der Waals surface area contributed by atoms with Gasteiger partial charge < -0.3 is 14.6 Å². The SMILES string of the molecule is CC(C)N1CCC(N[C@@H](C)c2ccco2)CC1. The van der Waals surface area contributed by atoms with Gasteiger partial charge in [-0.05, 0) is 58.8 Å². The number of piperidine rings is 1. The number of hydrogen-bond donors (Lipinski definition) is 1. The predicted molar refractivity (Wildman–Crippen MR) is 70.0 cm³/mol. The molecule has 17 heavy (non-hydrogen) atoms. The third-order valence-corrected chi connectivity index (χ3v) is 3.72. The summed E-state index contributed by atoms with van der Waals surface area (Å²) in [5, 5.41) is 3.66. The summed E-state index contributed by atoms with van der Waals surface area (Å²) in [7, 11) is 0. The van der Waals surface area contributed by atoms with Crippen molar-refractivity contribution < 1.29 is 4.42 Å². The van der Waals surface area contributed by atoms with Crippen LogP contribution in [0.2, 0.25) is 0 Å². The second kappa shape index (κ2) is 5.69. The Morgan fingerprint density at radius 3 is 2.53 bits per heavy atom. The van der Waals surface area contributed by atoms with Crippen molar-refractivity contribution in [1.82, 2.24) is 10.2 Å². The van der Waals surface area contributed by atoms with E-state index < -0.39 is 0 Å². The highest BCUT2D eigenvalue weighted by Crippen LogP contribution is 2.18. The largest absolute Gasteiger partial charge is 0.468 e. The summed E-state index contributed by atoms with van der Waals surface area (Å²) in [6.45, 7) is 9.15. The summed E-state index contributed by atoms with van der Waals surface area (Å²) in [5.41, 5.74) is 0. The molecule has 3 heteroatoms. The average Bonchev–Trinajstić information content (AvgIpc) is 2.83. The van der Waals surface area contributed by atoms with Crippen molar-refractivity contribution >= 4 is 0 Å². The maximum absolute atomic E-state index is 5.42. The van der Waals surface area contributed by atoms with E-state index in [1.54, 1.807) is 6.26 Å². The van der Waals surface area contributed by atoms with Gasteiger partial charge in [0.05, 0.1) is 12.3 Å². The fraction of sp³-hybridized carbons (Fsp3) is 0.714. The zero-order valence-electron chi connectivity index (χ0n) is 11.1. The van der Waals surface area contributed by atoms with Crippen molar-refractivity contribution in [2.24, 2.45) is 0 Å². The van der Waals surface area contributed by atoms with Gasteiger partial charge in [-0.25, -0.2) is 0 Å². The van der Waals surface area contributed by atoms with E-state index in [9.17, 15) is 0 Å². The molecule has 0 saturated carbocycles. The van der Waals surface area contributed by atoms with Crippen LogP contribution in [0, 0.1) is 0 Å². The molecule has 0 amide bonds. The number of likely N-dealkylation sites (tertiary alicyclic amines) is 1. The third kappa shape index (κ3) is 3.33. The van der Waals surface area contributed by atoms with Gasteiger partial charge in [0.1, 0.15) is 5.76 Å². The topological polar surface area (TPSA) is 28.4 Å². The van der Waals surface area contributed by atoms with Gasteiger partial charge in [-0.2, -0.15) is 0 Å². The first kappa shape index (κ1) is 12.7. The van der Waals surface area contributed by atoms with Crippen LogP contribution in [0.25, 0.3) is 0 Å². The molecule has 1 atom stereocenters. The molecule has 0 spiro atoms. The number of hydrogen-bond acceptors (Lipinski definition) is 3. The fourth-order valence-corrected chi connectivity index (χ4v) is 2.56. The van der Waals surface area contributed by atoms with Crippen molar-refractivity contribution in [3.8, 4) is 0 Å². The van der Waals surface area contributed by atoms with E-state index in [4.69, 9.17) is 4.42 Å². The van der Waals surface area contributed by atoms with Crippen LogP contribution >= 0.6 is 0 Å². The van der Waals surface area contributed by atoms with E-state index in [1.807, 2.05) is 12.1 Å². The molecule has 1 aliphatic heterocycles. The van der Waals surface area contributed by atoms with Gasteiger partial charge in [-0.15, -0.1) is 0 Å². The molecular formula is C14H24N2O. The van der Waals surface area contributed by atoms with Crippen LogP contribution < -0.4 is 5.32 Å². The molecule has 0 aliphatic carbocycles. The third-order valence-electron chi connectivity index (χ3n) is 3.72. The summed E-state index contributed by atoms with van der Waals surface area (Å²) < 4.78 is 5.42. The molecule has 1 N–H and O–H groups in total. The summed E-state index contributed by atoms with van der Waals surface area (Å²) in [4.78, 5) is 2.55. The lowest BCUT2D eigenvalue weighted by atomic mass is 10.0. The average molecular weight is 236 g/mol. The van der Waals surface area contributed by atoms with Crippen LogP contribution in [0.1, 0.15) is 45.4 Å². The van der Waals surface area contributed by atoms with Gasteiger partial charge >= 0.3 is 0 Å². The van der Waals surface area contributed by atoms with Crippen molar-refractivity contribution in [2.75, 3.05) is 13.1 Å². The van der Waals surface area contributed by atoms with Gasteiger partial charge in [-0.3, -0.25) is 0 Å². The maximum atomic E-state index is 5.42. The highest BCUT2D eigenvalue weighted by molar-refractivity contribution is 5.03. The molecule has 1 fully saturated rings. The Balaban J connectivity index is 1.78. The van der Waals surface area contributed by atoms with Gasteiger partial charge in [0.15, 0.2) is 0 Å². The molecule has 96 valence electrons. The van der Waals surface area contributed by atoms with Gasteiger partial charge in [-0.1, -0.05) is 0 Å². The van der Waals surface area contributed by atoms with E-state index in [-0.39, 0.29) is 0 Å². The Labute approximate surface area is 104 Å². The monoisotopic (exact) mass is 236 g/mol. The van der Waals surface area contributed by atoms with Crippen molar-refractivity contribution in [3.05, 3.63) is 24.2 Å². The first-order valence-corrected chi connectivity index (χ1v) is 6.70. The molecule has 1 saturated heterocycles. The first-order valence-electron chi connectivity index (χ1n) is 6.70. The van der Waals surface area contributed by atoms with Gasteiger partial charge in [0.25, 0.3) is 0 Å². The van der Waals surface area contributed by atoms with Gasteiger partial charge in [0, 0.05) is 12.1 Å². The van der Waals surface area contributed by atoms with E-state index in [0.29, 0.717) is 18.1 Å². The number of nitrogens with one attached hydrogen (secondary N) is 1. The van der Waals surface area contributed by atoms with E-state index in [1.165, 1.54) is 25.9 Å².